The van der Waals surface area contributed by atoms with E-state index in [-0.39, 0.29) is 20.1 Å². The fourth-order valence-electron chi connectivity index (χ4n) is 2.07. The summed E-state index contributed by atoms with van der Waals surface area (Å²) in [7, 11) is 1.24. The average molecular weight is 400 g/mol. The zero-order valence-electron chi connectivity index (χ0n) is 10.7. The van der Waals surface area contributed by atoms with E-state index < -0.39 is 11.6 Å². The summed E-state index contributed by atoms with van der Waals surface area (Å²) in [6.07, 6.45) is 0. The van der Waals surface area contributed by atoms with E-state index in [4.69, 9.17) is 4.42 Å². The van der Waals surface area contributed by atoms with Gasteiger partial charge in [-0.2, -0.15) is 0 Å². The van der Waals surface area contributed by atoms with Gasteiger partial charge in [-0.15, -0.1) is 0 Å². The van der Waals surface area contributed by atoms with Gasteiger partial charge in [0.1, 0.15) is 0 Å². The van der Waals surface area contributed by atoms with Crippen molar-refractivity contribution < 1.29 is 13.9 Å². The van der Waals surface area contributed by atoms with Crippen molar-refractivity contribution >= 4 is 57.0 Å². The van der Waals surface area contributed by atoms with Crippen LogP contribution >= 0.6 is 15.9 Å². The van der Waals surface area contributed by atoms with Gasteiger partial charge >= 0.3 is 128 Å². The van der Waals surface area contributed by atoms with Gasteiger partial charge in [0.25, 0.3) is 0 Å². The van der Waals surface area contributed by atoms with Crippen molar-refractivity contribution in [3.63, 3.8) is 0 Å². The number of carbonyl (C=O) groups excluding carboxylic acids is 1. The molecular weight excluding hydrogens is 391 g/mol. The molecule has 0 aliphatic carbocycles. The molecule has 0 amide bonds. The van der Waals surface area contributed by atoms with Crippen LogP contribution in [0.1, 0.15) is 14.8 Å². The number of halogens is 1. The number of benzene rings is 1. The van der Waals surface area contributed by atoms with E-state index in [9.17, 15) is 9.59 Å². The van der Waals surface area contributed by atoms with Gasteiger partial charge in [-0.05, 0) is 0 Å². The number of hydrogen-bond donors (Lipinski definition) is 0. The molecule has 0 bridgehead atoms. The van der Waals surface area contributed by atoms with E-state index >= 15 is 0 Å². The van der Waals surface area contributed by atoms with Crippen LogP contribution in [-0.4, -0.2) is 27.6 Å². The normalized spacial score (nSPS) is 11.2. The predicted molar refractivity (Wildman–Crippen MR) is 80.7 cm³/mol. The minimum atomic E-state index is -0.679. The van der Waals surface area contributed by atoms with Crippen LogP contribution in [0.4, 0.5) is 0 Å². The number of fused-ring (bicyclic) bond motifs is 3. The molecule has 3 rings (SSSR count). The molecule has 4 nitrogen and oxygen atoms in total. The number of esters is 1. The first-order valence-electron chi connectivity index (χ1n) is 5.76. The van der Waals surface area contributed by atoms with Gasteiger partial charge in [0.15, 0.2) is 0 Å². The first kappa shape index (κ1) is 13.6. The van der Waals surface area contributed by atoms with E-state index in [0.717, 1.165) is 19.5 Å². The van der Waals surface area contributed by atoms with E-state index in [2.05, 4.69) is 27.6 Å². The molecule has 0 fully saturated rings. The van der Waals surface area contributed by atoms with E-state index in [0.29, 0.717) is 5.58 Å². The summed E-state index contributed by atoms with van der Waals surface area (Å²) < 4.78 is 13.3. The average Bonchev–Trinajstić information content (AvgIpc) is 2.73. The van der Waals surface area contributed by atoms with Crippen LogP contribution < -0.4 is 5.63 Å². The fourth-order valence-corrected chi connectivity index (χ4v) is 5.30. The third-order valence-electron chi connectivity index (χ3n) is 3.06. The Morgan fingerprint density at radius 1 is 1.40 bits per heavy atom. The van der Waals surface area contributed by atoms with Crippen molar-refractivity contribution in [1.82, 2.24) is 0 Å². The molecule has 2 aromatic heterocycles. The molecule has 2 heterocycles. The van der Waals surface area contributed by atoms with Crippen molar-refractivity contribution in [1.29, 1.82) is 0 Å². The molecule has 1 aromatic carbocycles. The van der Waals surface area contributed by atoms with Crippen molar-refractivity contribution in [2.24, 2.45) is 0 Å². The van der Waals surface area contributed by atoms with Gasteiger partial charge in [0.05, 0.1) is 0 Å². The Balaban J connectivity index is 2.42. The van der Waals surface area contributed by atoms with E-state index in [1.165, 1.54) is 17.6 Å². The van der Waals surface area contributed by atoms with Crippen LogP contribution in [0.5, 0.6) is 0 Å². The summed E-state index contributed by atoms with van der Waals surface area (Å²) in [5.41, 5.74) is -0.169. The molecule has 0 saturated heterocycles. The van der Waals surface area contributed by atoms with Gasteiger partial charge in [-0.3, -0.25) is 0 Å². The van der Waals surface area contributed by atoms with Gasteiger partial charge in [0, 0.05) is 0 Å². The zero-order chi connectivity index (χ0) is 14.4. The summed E-state index contributed by atoms with van der Waals surface area (Å²) in [4.78, 5) is 23.4. The zero-order valence-corrected chi connectivity index (χ0v) is 14.0. The number of ether oxygens (including phenoxy) is 1. The van der Waals surface area contributed by atoms with Crippen molar-refractivity contribution in [3.05, 3.63) is 43.1 Å². The topological polar surface area (TPSA) is 56.5 Å². The maximum atomic E-state index is 11.9. The second-order valence-electron chi connectivity index (χ2n) is 4.27. The second kappa shape index (κ2) is 4.88. The van der Waals surface area contributed by atoms with Crippen LogP contribution in [0.25, 0.3) is 20.6 Å². The summed E-state index contributed by atoms with van der Waals surface area (Å²) in [5, 5.41) is 1.80. The molecule has 0 atom stereocenters. The van der Waals surface area contributed by atoms with Gasteiger partial charge in [0.2, 0.25) is 0 Å². The molecule has 3 aromatic rings. The molecular formula is C14H9BrO4Se. The van der Waals surface area contributed by atoms with E-state index in [1.54, 1.807) is 0 Å². The number of hydrogen-bond acceptors (Lipinski definition) is 4. The van der Waals surface area contributed by atoms with Crippen LogP contribution in [-0.2, 0) is 4.74 Å². The van der Waals surface area contributed by atoms with Gasteiger partial charge < -0.3 is 0 Å². The van der Waals surface area contributed by atoms with Gasteiger partial charge in [-0.1, -0.05) is 0 Å². The summed E-state index contributed by atoms with van der Waals surface area (Å²) in [6, 6.07) is 5.35. The Morgan fingerprint density at radius 2 is 2.15 bits per heavy atom. The predicted octanol–water partition coefficient (Wildman–Crippen LogP) is 2.86. The Morgan fingerprint density at radius 3 is 2.85 bits per heavy atom. The molecule has 0 aliphatic rings. The molecule has 102 valence electrons. The van der Waals surface area contributed by atoms with Crippen LogP contribution in [0.3, 0.4) is 0 Å². The van der Waals surface area contributed by atoms with E-state index in [1.807, 2.05) is 12.1 Å². The minimum absolute atomic E-state index is 0.0748. The SMILES string of the molecule is COC(=O)c1cc2ccc3c(Br)c(C)[se]c3c2oc1=O. The Hall–Kier alpha value is -1.36. The summed E-state index contributed by atoms with van der Waals surface area (Å²) in [6.45, 7) is 2.05. The number of methoxy groups -OCH3 is 1. The van der Waals surface area contributed by atoms with Crippen molar-refractivity contribution in [3.8, 4) is 0 Å². The third-order valence-corrected chi connectivity index (χ3v) is 7.02. The maximum absolute atomic E-state index is 11.9. The molecule has 20 heavy (non-hydrogen) atoms. The molecule has 0 N–H and O–H groups in total. The van der Waals surface area contributed by atoms with Crippen LogP contribution in [0, 0.1) is 6.92 Å². The Kier molecular flexibility index (Phi) is 3.32. The van der Waals surface area contributed by atoms with Gasteiger partial charge in [-0.25, -0.2) is 0 Å². The Labute approximate surface area is 128 Å². The van der Waals surface area contributed by atoms with Crippen LogP contribution in [0.2, 0.25) is 0 Å². The first-order chi connectivity index (χ1) is 9.52. The third kappa shape index (κ3) is 1.95. The standard InChI is InChI=1S/C14H9BrO4Se/c1-6-10(15)8-4-3-7-5-9(13(16)18-2)14(17)19-11(7)12(8)20-6/h3-5H,1-2H3. The molecule has 6 heteroatoms. The molecule has 0 spiro atoms. The molecule has 0 unspecified atom stereocenters. The number of carbonyl (C=O) groups is 1. The van der Waals surface area contributed by atoms with Crippen molar-refractivity contribution in [2.45, 2.75) is 6.92 Å². The monoisotopic (exact) mass is 400 g/mol. The molecule has 0 saturated carbocycles. The summed E-state index contributed by atoms with van der Waals surface area (Å²) in [5.74, 6) is -0.679. The summed E-state index contributed by atoms with van der Waals surface area (Å²) >= 11 is 3.68. The quantitative estimate of drug-likeness (QED) is 0.358. The first-order valence-corrected chi connectivity index (χ1v) is 8.27. The molecule has 0 radical (unpaired) electrons. The van der Waals surface area contributed by atoms with Crippen LogP contribution in [0.15, 0.2) is 31.9 Å². The number of rotatable bonds is 1. The van der Waals surface area contributed by atoms with Crippen molar-refractivity contribution in [2.75, 3.05) is 7.11 Å². The Bertz CT molecular complexity index is 907. The fraction of sp³-hybridized carbons (Fsp3) is 0.143. The second-order valence-corrected chi connectivity index (χ2v) is 7.63. The molecule has 0 aliphatic heterocycles. The number of aryl methyl sites for hydroxylation is 1.